The number of rotatable bonds is 9. The summed E-state index contributed by atoms with van der Waals surface area (Å²) in [7, 11) is 4.59. The second-order valence-electron chi connectivity index (χ2n) is 9.83. The third kappa shape index (κ3) is 5.19. The Bertz CT molecular complexity index is 1160. The third-order valence-electron chi connectivity index (χ3n) is 7.85. The van der Waals surface area contributed by atoms with Crippen LogP contribution in [0.2, 0.25) is 0 Å². The Morgan fingerprint density at radius 3 is 2.23 bits per heavy atom. The first-order valence-electron chi connectivity index (χ1n) is 13.1. The van der Waals surface area contributed by atoms with Crippen molar-refractivity contribution in [3.8, 4) is 28.7 Å². The lowest BCUT2D eigenvalue weighted by atomic mass is 9.64. The molecule has 1 fully saturated rings. The first-order chi connectivity index (χ1) is 19.0. The molecule has 2 aromatic carbocycles. The topological polar surface area (TPSA) is 128 Å². The maximum Gasteiger partial charge on any atom is 0.231 e. The number of aliphatic hydroxyl groups is 2. The minimum absolute atomic E-state index is 0.0675. The molecular formula is C28H36N2O9. The van der Waals surface area contributed by atoms with E-state index in [1.54, 1.807) is 18.2 Å². The number of fused-ring (bicyclic) bond motifs is 2. The summed E-state index contributed by atoms with van der Waals surface area (Å²) in [5.41, 5.74) is 2.00. The zero-order valence-electron chi connectivity index (χ0n) is 22.5. The highest BCUT2D eigenvalue weighted by Gasteiger charge is 2.47. The minimum atomic E-state index is -1.09. The quantitative estimate of drug-likeness (QED) is 0.425. The lowest BCUT2D eigenvalue weighted by molar-refractivity contribution is -0.131. The van der Waals surface area contributed by atoms with Crippen molar-refractivity contribution < 1.29 is 43.4 Å². The first kappa shape index (κ1) is 27.3. The summed E-state index contributed by atoms with van der Waals surface area (Å²) in [6.07, 6.45) is -1.09. The Kier molecular flexibility index (Phi) is 8.31. The number of carbonyl (C=O) groups is 1. The van der Waals surface area contributed by atoms with E-state index >= 15 is 0 Å². The third-order valence-corrected chi connectivity index (χ3v) is 7.85. The fourth-order valence-corrected chi connectivity index (χ4v) is 5.87. The van der Waals surface area contributed by atoms with E-state index in [1.165, 1.54) is 21.3 Å². The number of morpholine rings is 1. The van der Waals surface area contributed by atoms with E-state index in [1.807, 2.05) is 6.07 Å². The van der Waals surface area contributed by atoms with Crippen LogP contribution in [0.15, 0.2) is 24.3 Å². The molecule has 212 valence electrons. The van der Waals surface area contributed by atoms with Gasteiger partial charge in [-0.1, -0.05) is 0 Å². The Morgan fingerprint density at radius 2 is 1.64 bits per heavy atom. The lowest BCUT2D eigenvalue weighted by Crippen LogP contribution is -2.47. The van der Waals surface area contributed by atoms with E-state index in [0.29, 0.717) is 71.7 Å². The Morgan fingerprint density at radius 1 is 1.00 bits per heavy atom. The number of aliphatic hydroxyl groups excluding tert-OH is 2. The van der Waals surface area contributed by atoms with Crippen LogP contribution in [0.1, 0.15) is 28.7 Å². The van der Waals surface area contributed by atoms with Crippen molar-refractivity contribution in [1.29, 1.82) is 0 Å². The van der Waals surface area contributed by atoms with Gasteiger partial charge < -0.3 is 44.0 Å². The second-order valence-corrected chi connectivity index (χ2v) is 9.83. The molecule has 11 nitrogen and oxygen atoms in total. The van der Waals surface area contributed by atoms with Crippen molar-refractivity contribution in [3.05, 3.63) is 41.0 Å². The molecule has 1 aliphatic carbocycles. The Balaban J connectivity index is 1.57. The number of hydrogen-bond donors (Lipinski definition) is 3. The molecule has 3 N–H and O–H groups in total. The van der Waals surface area contributed by atoms with Gasteiger partial charge in [-0.05, 0) is 41.0 Å². The monoisotopic (exact) mass is 544 g/mol. The van der Waals surface area contributed by atoms with Crippen molar-refractivity contribution in [2.75, 3.05) is 74.1 Å². The smallest absolute Gasteiger partial charge is 0.231 e. The number of carbonyl (C=O) groups excluding carboxylic acids is 1. The molecule has 0 bridgehead atoms. The van der Waals surface area contributed by atoms with Crippen LogP contribution in [0.4, 0.5) is 0 Å². The van der Waals surface area contributed by atoms with E-state index in [4.69, 9.17) is 28.4 Å². The average molecular weight is 545 g/mol. The molecule has 1 saturated heterocycles. The van der Waals surface area contributed by atoms with Crippen LogP contribution in [0.3, 0.4) is 0 Å². The molecule has 2 aromatic rings. The summed E-state index contributed by atoms with van der Waals surface area (Å²) in [6, 6.07) is 7.17. The standard InChI is InChI=1S/C28H36N2O9/c1-34-22-10-16(11-23(35-2)27(22)36-3)24-17-12-20-21(39-15-38-20)13-18(17)26(32)19(14-31)25(24)28(33)29-4-5-30-6-8-37-9-7-30/h10-13,19,24-26,31-32H,4-9,14-15H2,1-3H3,(H,29,33)/t19-,24+,25-,26-/m0/s1. The van der Waals surface area contributed by atoms with Crippen LogP contribution in [-0.4, -0.2) is 95.1 Å². The van der Waals surface area contributed by atoms with Crippen LogP contribution in [0.25, 0.3) is 0 Å². The van der Waals surface area contributed by atoms with Gasteiger partial charge in [0.2, 0.25) is 18.4 Å². The van der Waals surface area contributed by atoms with Gasteiger partial charge in [0.05, 0.1) is 46.6 Å². The average Bonchev–Trinajstić information content (AvgIpc) is 3.43. The Labute approximate surface area is 227 Å². The van der Waals surface area contributed by atoms with Gasteiger partial charge in [-0.25, -0.2) is 0 Å². The second kappa shape index (κ2) is 11.9. The molecule has 39 heavy (non-hydrogen) atoms. The maximum atomic E-state index is 13.9. The molecule has 0 spiro atoms. The van der Waals surface area contributed by atoms with Crippen LogP contribution in [-0.2, 0) is 9.53 Å². The van der Waals surface area contributed by atoms with Crippen molar-refractivity contribution >= 4 is 5.91 Å². The van der Waals surface area contributed by atoms with Crippen molar-refractivity contribution in [2.45, 2.75) is 12.0 Å². The molecule has 0 radical (unpaired) electrons. The highest BCUT2D eigenvalue weighted by molar-refractivity contribution is 5.82. The van der Waals surface area contributed by atoms with E-state index in [-0.39, 0.29) is 12.7 Å². The predicted octanol–water partition coefficient (Wildman–Crippen LogP) is 1.29. The number of ether oxygens (including phenoxy) is 6. The number of nitrogens with zero attached hydrogens (tertiary/aromatic N) is 1. The molecule has 1 amide bonds. The number of methoxy groups -OCH3 is 3. The largest absolute Gasteiger partial charge is 0.493 e. The predicted molar refractivity (Wildman–Crippen MR) is 140 cm³/mol. The molecule has 4 atom stereocenters. The minimum Gasteiger partial charge on any atom is -0.493 e. The summed E-state index contributed by atoms with van der Waals surface area (Å²) in [4.78, 5) is 16.1. The molecule has 5 rings (SSSR count). The van der Waals surface area contributed by atoms with Crippen molar-refractivity contribution in [3.63, 3.8) is 0 Å². The highest BCUT2D eigenvalue weighted by Crippen LogP contribution is 2.53. The molecule has 3 aliphatic rings. The van der Waals surface area contributed by atoms with E-state index in [2.05, 4.69) is 10.2 Å². The Hall–Kier alpha value is -3.25. The molecule has 0 aromatic heterocycles. The summed E-state index contributed by atoms with van der Waals surface area (Å²) >= 11 is 0. The normalized spacial score (nSPS) is 24.1. The van der Waals surface area contributed by atoms with Crippen molar-refractivity contribution in [1.82, 2.24) is 10.2 Å². The van der Waals surface area contributed by atoms with Gasteiger partial charge in [0, 0.05) is 44.6 Å². The molecule has 0 saturated carbocycles. The van der Waals surface area contributed by atoms with Gasteiger partial charge >= 0.3 is 0 Å². The number of amides is 1. The van der Waals surface area contributed by atoms with Gasteiger partial charge in [0.15, 0.2) is 23.0 Å². The van der Waals surface area contributed by atoms with Crippen LogP contribution in [0.5, 0.6) is 28.7 Å². The number of nitrogens with one attached hydrogen (secondary N) is 1. The van der Waals surface area contributed by atoms with Crippen LogP contribution < -0.4 is 29.0 Å². The van der Waals surface area contributed by atoms with Gasteiger partial charge in [0.1, 0.15) is 0 Å². The molecule has 2 heterocycles. The molecular weight excluding hydrogens is 508 g/mol. The van der Waals surface area contributed by atoms with Crippen LogP contribution in [0, 0.1) is 11.8 Å². The van der Waals surface area contributed by atoms with Crippen molar-refractivity contribution in [2.24, 2.45) is 11.8 Å². The molecule has 11 heteroatoms. The lowest BCUT2D eigenvalue weighted by Gasteiger charge is -2.41. The van der Waals surface area contributed by atoms with E-state index in [0.717, 1.165) is 13.1 Å². The summed E-state index contributed by atoms with van der Waals surface area (Å²) in [5.74, 6) is -0.0459. The van der Waals surface area contributed by atoms with Crippen LogP contribution >= 0.6 is 0 Å². The molecule has 0 unspecified atom stereocenters. The summed E-state index contributed by atoms with van der Waals surface area (Å²) < 4.78 is 33.4. The fourth-order valence-electron chi connectivity index (χ4n) is 5.87. The zero-order valence-corrected chi connectivity index (χ0v) is 22.5. The van der Waals surface area contributed by atoms with Gasteiger partial charge in [-0.15, -0.1) is 0 Å². The first-order valence-corrected chi connectivity index (χ1v) is 13.1. The summed E-state index contributed by atoms with van der Waals surface area (Å²) in [6.45, 7) is 3.75. The SMILES string of the molecule is COc1cc([C@@H]2c3cc4c(cc3[C@H](O)[C@@H](CO)[C@@H]2C(=O)NCCN2CCOCC2)OCO4)cc(OC)c1OC. The number of hydrogen-bond acceptors (Lipinski definition) is 10. The zero-order chi connectivity index (χ0) is 27.5. The van der Waals surface area contributed by atoms with Gasteiger partial charge in [0.25, 0.3) is 0 Å². The maximum absolute atomic E-state index is 13.9. The van der Waals surface area contributed by atoms with Gasteiger partial charge in [-0.2, -0.15) is 0 Å². The highest BCUT2D eigenvalue weighted by atomic mass is 16.7. The van der Waals surface area contributed by atoms with E-state index in [9.17, 15) is 15.0 Å². The number of benzene rings is 2. The van der Waals surface area contributed by atoms with E-state index < -0.39 is 30.5 Å². The van der Waals surface area contributed by atoms with Gasteiger partial charge in [-0.3, -0.25) is 9.69 Å². The fraction of sp³-hybridized carbons (Fsp3) is 0.536. The summed E-state index contributed by atoms with van der Waals surface area (Å²) in [5, 5.41) is 25.0. The molecule has 2 aliphatic heterocycles.